The Balaban J connectivity index is 1.46. The van der Waals surface area contributed by atoms with Crippen LogP contribution in [0.2, 0.25) is 0 Å². The third-order valence-electron chi connectivity index (χ3n) is 5.41. The molecule has 0 unspecified atom stereocenters. The van der Waals surface area contributed by atoms with Crippen LogP contribution in [-0.2, 0) is 13.1 Å². The van der Waals surface area contributed by atoms with Crippen LogP contribution in [0, 0.1) is 0 Å². The first-order valence-electron chi connectivity index (χ1n) is 9.99. The van der Waals surface area contributed by atoms with Gasteiger partial charge >= 0.3 is 0 Å². The molecule has 0 bridgehead atoms. The molecule has 3 nitrogen and oxygen atoms in total. The first-order chi connectivity index (χ1) is 14.8. The second kappa shape index (κ2) is 8.27. The largest absolute Gasteiger partial charge is 0.497 e. The molecule has 0 saturated heterocycles. The van der Waals surface area contributed by atoms with Crippen molar-refractivity contribution in [3.05, 3.63) is 94.7 Å². The van der Waals surface area contributed by atoms with Gasteiger partial charge in [0.15, 0.2) is 0 Å². The molecule has 0 radical (unpaired) electrons. The lowest BCUT2D eigenvalue weighted by molar-refractivity contribution is 0.415. The van der Waals surface area contributed by atoms with E-state index in [4.69, 9.17) is 9.72 Å². The van der Waals surface area contributed by atoms with Crippen molar-refractivity contribution < 1.29 is 4.74 Å². The lowest BCUT2D eigenvalue weighted by Gasteiger charge is -2.13. The summed E-state index contributed by atoms with van der Waals surface area (Å²) in [5, 5.41) is 11.6. The van der Waals surface area contributed by atoms with Crippen LogP contribution < -0.4 is 10.1 Å². The van der Waals surface area contributed by atoms with Gasteiger partial charge in [-0.3, -0.25) is 0 Å². The van der Waals surface area contributed by atoms with Crippen molar-refractivity contribution in [1.82, 2.24) is 10.3 Å². The van der Waals surface area contributed by atoms with E-state index in [0.717, 1.165) is 41.0 Å². The van der Waals surface area contributed by atoms with Gasteiger partial charge in [-0.05, 0) is 51.5 Å². The van der Waals surface area contributed by atoms with Gasteiger partial charge in [0.05, 0.1) is 18.3 Å². The molecule has 2 heterocycles. The third kappa shape index (κ3) is 3.67. The van der Waals surface area contributed by atoms with Crippen LogP contribution in [0.3, 0.4) is 0 Å². The third-order valence-corrected chi connectivity index (χ3v) is 6.09. The number of aromatic nitrogens is 1. The SMILES string of the molecule is COc1ccc2cc(CNCc3cccc4ccccc34)c(-c3ccsc3)nc2c1. The molecular weight excluding hydrogens is 388 g/mol. The number of nitrogens with zero attached hydrogens (tertiary/aromatic N) is 1. The molecule has 5 rings (SSSR count). The molecular formula is C26H22N2OS. The molecule has 5 aromatic rings. The molecule has 0 aliphatic heterocycles. The first kappa shape index (κ1) is 18.8. The first-order valence-corrected chi connectivity index (χ1v) is 10.9. The fourth-order valence-corrected chi connectivity index (χ4v) is 4.52. The molecule has 1 N–H and O–H groups in total. The van der Waals surface area contributed by atoms with Gasteiger partial charge in [-0.1, -0.05) is 42.5 Å². The monoisotopic (exact) mass is 410 g/mol. The average molecular weight is 411 g/mol. The molecule has 0 amide bonds. The van der Waals surface area contributed by atoms with Crippen molar-refractivity contribution in [3.63, 3.8) is 0 Å². The second-order valence-electron chi connectivity index (χ2n) is 7.31. The van der Waals surface area contributed by atoms with E-state index in [2.05, 4.69) is 76.7 Å². The number of pyridine rings is 1. The number of hydrogen-bond acceptors (Lipinski definition) is 4. The summed E-state index contributed by atoms with van der Waals surface area (Å²) in [4.78, 5) is 4.99. The number of fused-ring (bicyclic) bond motifs is 2. The smallest absolute Gasteiger partial charge is 0.121 e. The average Bonchev–Trinajstić information content (AvgIpc) is 3.33. The van der Waals surface area contributed by atoms with Crippen molar-refractivity contribution in [2.45, 2.75) is 13.1 Å². The predicted octanol–water partition coefficient (Wildman–Crippen LogP) is 6.41. The Hall–Kier alpha value is -3.21. The Labute approximate surface area is 180 Å². The van der Waals surface area contributed by atoms with E-state index < -0.39 is 0 Å². The minimum atomic E-state index is 0.753. The van der Waals surface area contributed by atoms with Crippen molar-refractivity contribution in [1.29, 1.82) is 0 Å². The molecule has 0 aliphatic carbocycles. The topological polar surface area (TPSA) is 34.1 Å². The number of rotatable bonds is 6. The highest BCUT2D eigenvalue weighted by molar-refractivity contribution is 7.08. The Morgan fingerprint density at radius 2 is 1.73 bits per heavy atom. The molecule has 30 heavy (non-hydrogen) atoms. The van der Waals surface area contributed by atoms with Crippen molar-refractivity contribution in [3.8, 4) is 17.0 Å². The van der Waals surface area contributed by atoms with E-state index in [1.165, 1.54) is 21.9 Å². The number of thiophene rings is 1. The van der Waals surface area contributed by atoms with Crippen molar-refractivity contribution in [2.24, 2.45) is 0 Å². The van der Waals surface area contributed by atoms with Crippen LogP contribution in [0.5, 0.6) is 5.75 Å². The highest BCUT2D eigenvalue weighted by Gasteiger charge is 2.11. The molecule has 0 fully saturated rings. The predicted molar refractivity (Wildman–Crippen MR) is 126 cm³/mol. The maximum absolute atomic E-state index is 5.38. The van der Waals surface area contributed by atoms with Crippen LogP contribution >= 0.6 is 11.3 Å². The Bertz CT molecular complexity index is 1310. The highest BCUT2D eigenvalue weighted by atomic mass is 32.1. The fourth-order valence-electron chi connectivity index (χ4n) is 3.88. The van der Waals surface area contributed by atoms with E-state index in [1.54, 1.807) is 18.4 Å². The summed E-state index contributed by atoms with van der Waals surface area (Å²) in [6.07, 6.45) is 0. The van der Waals surface area contributed by atoms with E-state index in [9.17, 15) is 0 Å². The van der Waals surface area contributed by atoms with Gasteiger partial charge in [0.1, 0.15) is 5.75 Å². The van der Waals surface area contributed by atoms with Crippen LogP contribution in [0.1, 0.15) is 11.1 Å². The van der Waals surface area contributed by atoms with Crippen LogP contribution in [0.15, 0.2) is 83.6 Å². The number of ether oxygens (including phenoxy) is 1. The Kier molecular flexibility index (Phi) is 5.18. The molecule has 0 saturated carbocycles. The van der Waals surface area contributed by atoms with Gasteiger partial charge < -0.3 is 10.1 Å². The summed E-state index contributed by atoms with van der Waals surface area (Å²) >= 11 is 1.69. The van der Waals surface area contributed by atoms with Crippen molar-refractivity contribution >= 4 is 33.0 Å². The second-order valence-corrected chi connectivity index (χ2v) is 8.09. The van der Waals surface area contributed by atoms with Gasteiger partial charge in [-0.25, -0.2) is 4.98 Å². The lowest BCUT2D eigenvalue weighted by Crippen LogP contribution is -2.14. The van der Waals surface area contributed by atoms with Crippen molar-refractivity contribution in [2.75, 3.05) is 7.11 Å². The van der Waals surface area contributed by atoms with Gasteiger partial charge in [0.25, 0.3) is 0 Å². The molecule has 148 valence electrons. The molecule has 3 aromatic carbocycles. The molecule has 0 aliphatic rings. The minimum absolute atomic E-state index is 0.753. The standard InChI is InChI=1S/C26H22N2OS/c1-29-23-10-9-19-13-22(26(28-25(19)14-23)21-11-12-30-17-21)16-27-15-20-7-4-6-18-5-2-3-8-24(18)20/h2-14,17,27H,15-16H2,1H3. The Morgan fingerprint density at radius 3 is 2.60 bits per heavy atom. The maximum Gasteiger partial charge on any atom is 0.121 e. The zero-order valence-electron chi connectivity index (χ0n) is 16.8. The van der Waals surface area contributed by atoms with Crippen LogP contribution in [-0.4, -0.2) is 12.1 Å². The van der Waals surface area contributed by atoms with Gasteiger partial charge in [0, 0.05) is 35.5 Å². The summed E-state index contributed by atoms with van der Waals surface area (Å²) in [5.74, 6) is 0.827. The number of hydrogen-bond donors (Lipinski definition) is 1. The number of nitrogens with one attached hydrogen (secondary N) is 1. The molecule has 0 spiro atoms. The minimum Gasteiger partial charge on any atom is -0.497 e. The number of methoxy groups -OCH3 is 1. The quantitative estimate of drug-likeness (QED) is 0.351. The van der Waals surface area contributed by atoms with E-state index in [-0.39, 0.29) is 0 Å². The molecule has 4 heteroatoms. The maximum atomic E-state index is 5.38. The normalized spacial score (nSPS) is 11.2. The number of benzene rings is 3. The fraction of sp³-hybridized carbons (Fsp3) is 0.115. The molecule has 0 atom stereocenters. The summed E-state index contributed by atoms with van der Waals surface area (Å²) < 4.78 is 5.38. The summed E-state index contributed by atoms with van der Waals surface area (Å²) in [6, 6.07) is 25.5. The summed E-state index contributed by atoms with van der Waals surface area (Å²) in [5.41, 5.74) is 5.65. The molecule has 2 aromatic heterocycles. The lowest BCUT2D eigenvalue weighted by atomic mass is 10.0. The van der Waals surface area contributed by atoms with Gasteiger partial charge in [0.2, 0.25) is 0 Å². The van der Waals surface area contributed by atoms with Gasteiger partial charge in [-0.15, -0.1) is 0 Å². The van der Waals surface area contributed by atoms with E-state index in [0.29, 0.717) is 0 Å². The Morgan fingerprint density at radius 1 is 0.867 bits per heavy atom. The van der Waals surface area contributed by atoms with E-state index in [1.807, 2.05) is 12.1 Å². The van der Waals surface area contributed by atoms with Crippen LogP contribution in [0.4, 0.5) is 0 Å². The summed E-state index contributed by atoms with van der Waals surface area (Å²) in [7, 11) is 1.69. The van der Waals surface area contributed by atoms with Gasteiger partial charge in [-0.2, -0.15) is 11.3 Å². The zero-order chi connectivity index (χ0) is 20.3. The van der Waals surface area contributed by atoms with E-state index >= 15 is 0 Å². The highest BCUT2D eigenvalue weighted by Crippen LogP contribution is 2.29. The zero-order valence-corrected chi connectivity index (χ0v) is 17.6. The van der Waals surface area contributed by atoms with Crippen LogP contribution in [0.25, 0.3) is 32.9 Å². The summed E-state index contributed by atoms with van der Waals surface area (Å²) in [6.45, 7) is 1.56.